The average molecular weight is 289 g/mol. The Balaban J connectivity index is 2.13. The largest absolute Gasteiger partial charge is 0.481 e. The summed E-state index contributed by atoms with van der Waals surface area (Å²) in [5.41, 5.74) is 0.598. The summed E-state index contributed by atoms with van der Waals surface area (Å²) in [6, 6.07) is 0. The van der Waals surface area contributed by atoms with E-state index in [2.05, 4.69) is 4.98 Å². The summed E-state index contributed by atoms with van der Waals surface area (Å²) in [5.74, 6) is -0.731. The number of carbonyl (C=O) groups is 2. The predicted octanol–water partition coefficient (Wildman–Crippen LogP) is 2.51. The minimum atomic E-state index is -0.870. The fourth-order valence-corrected chi connectivity index (χ4v) is 3.22. The molecule has 0 aliphatic heterocycles. The molecule has 1 aromatic heterocycles. The van der Waals surface area contributed by atoms with Crippen LogP contribution in [-0.2, 0) is 16.0 Å². The van der Waals surface area contributed by atoms with Crippen LogP contribution in [0.15, 0.2) is 9.72 Å². The average Bonchev–Trinajstić information content (AvgIpc) is 2.69. The van der Waals surface area contributed by atoms with Gasteiger partial charge in [0.15, 0.2) is 0 Å². The summed E-state index contributed by atoms with van der Waals surface area (Å²) in [6.45, 7) is 0. The lowest BCUT2D eigenvalue weighted by molar-refractivity contribution is -0.137. The quantitative estimate of drug-likeness (QED) is 0.536. The van der Waals surface area contributed by atoms with Crippen LogP contribution >= 0.6 is 23.1 Å². The van der Waals surface area contributed by atoms with E-state index in [0.29, 0.717) is 12.1 Å². The zero-order chi connectivity index (χ0) is 13.4. The van der Waals surface area contributed by atoms with E-state index < -0.39 is 11.9 Å². The molecule has 0 atom stereocenters. The number of hydrogen-bond acceptors (Lipinski definition) is 5. The Labute approximate surface area is 113 Å². The van der Waals surface area contributed by atoms with Crippen LogP contribution in [0.1, 0.15) is 31.4 Å². The van der Waals surface area contributed by atoms with Gasteiger partial charge in [-0.05, 0) is 12.8 Å². The smallest absolute Gasteiger partial charge is 0.309 e. The minimum absolute atomic E-state index is 0.0321. The van der Waals surface area contributed by atoms with Crippen molar-refractivity contribution in [2.45, 2.75) is 36.4 Å². The SMILES string of the molecule is O=C(O)CCCCCSc1nc(CC(=O)O)cs1. The van der Waals surface area contributed by atoms with Crippen molar-refractivity contribution in [2.24, 2.45) is 0 Å². The lowest BCUT2D eigenvalue weighted by Crippen LogP contribution is -1.99. The van der Waals surface area contributed by atoms with Gasteiger partial charge in [-0.15, -0.1) is 11.3 Å². The van der Waals surface area contributed by atoms with Crippen molar-refractivity contribution in [2.75, 3.05) is 5.75 Å². The summed E-state index contributed by atoms with van der Waals surface area (Å²) in [5, 5.41) is 18.8. The minimum Gasteiger partial charge on any atom is -0.481 e. The standard InChI is InChI=1S/C11H15NO4S2/c13-9(14)4-2-1-3-5-17-11-12-8(7-18-11)6-10(15)16/h7H,1-6H2,(H,13,14)(H,15,16). The van der Waals surface area contributed by atoms with Gasteiger partial charge in [-0.3, -0.25) is 9.59 Å². The Kier molecular flexibility index (Phi) is 6.74. The Bertz CT molecular complexity index is 406. The number of aliphatic carboxylic acids is 2. The number of thioether (sulfide) groups is 1. The summed E-state index contributed by atoms with van der Waals surface area (Å²) in [7, 11) is 0. The van der Waals surface area contributed by atoms with E-state index >= 15 is 0 Å². The third kappa shape index (κ3) is 6.61. The van der Waals surface area contributed by atoms with Crippen LogP contribution in [0, 0.1) is 0 Å². The maximum absolute atomic E-state index is 10.5. The van der Waals surface area contributed by atoms with E-state index in [4.69, 9.17) is 10.2 Å². The van der Waals surface area contributed by atoms with Crippen molar-refractivity contribution in [3.05, 3.63) is 11.1 Å². The lowest BCUT2D eigenvalue weighted by Gasteiger charge is -1.97. The fourth-order valence-electron chi connectivity index (χ4n) is 1.31. The number of carboxylic acids is 2. The highest BCUT2D eigenvalue weighted by Crippen LogP contribution is 2.24. The molecule has 0 spiro atoms. The molecule has 18 heavy (non-hydrogen) atoms. The van der Waals surface area contributed by atoms with Gasteiger partial charge in [-0.2, -0.15) is 0 Å². The molecule has 7 heteroatoms. The highest BCUT2D eigenvalue weighted by atomic mass is 32.2. The molecule has 0 saturated carbocycles. The van der Waals surface area contributed by atoms with Crippen molar-refractivity contribution >= 4 is 35.0 Å². The number of thiazole rings is 1. The van der Waals surface area contributed by atoms with E-state index in [9.17, 15) is 9.59 Å². The number of unbranched alkanes of at least 4 members (excludes halogenated alkanes) is 2. The van der Waals surface area contributed by atoms with Gasteiger partial charge in [-0.1, -0.05) is 18.2 Å². The second kappa shape index (κ2) is 8.10. The summed E-state index contributed by atoms with van der Waals surface area (Å²) in [4.78, 5) is 25.0. The molecule has 1 heterocycles. The van der Waals surface area contributed by atoms with Gasteiger partial charge in [0.2, 0.25) is 0 Å². The van der Waals surface area contributed by atoms with Crippen molar-refractivity contribution in [3.8, 4) is 0 Å². The molecule has 1 rings (SSSR count). The number of hydrogen-bond donors (Lipinski definition) is 2. The van der Waals surface area contributed by atoms with E-state index in [0.717, 1.165) is 22.9 Å². The molecule has 0 aliphatic rings. The molecule has 0 amide bonds. The molecule has 100 valence electrons. The first kappa shape index (κ1) is 15.0. The summed E-state index contributed by atoms with van der Waals surface area (Å²) < 4.78 is 0.879. The zero-order valence-electron chi connectivity index (χ0n) is 9.79. The van der Waals surface area contributed by atoms with Crippen molar-refractivity contribution in [1.29, 1.82) is 0 Å². The lowest BCUT2D eigenvalue weighted by atomic mass is 10.2. The molecule has 0 fully saturated rings. The second-order valence-corrected chi connectivity index (χ2v) is 5.93. The number of aromatic nitrogens is 1. The zero-order valence-corrected chi connectivity index (χ0v) is 11.4. The van der Waals surface area contributed by atoms with E-state index in [-0.39, 0.29) is 12.8 Å². The van der Waals surface area contributed by atoms with E-state index in [1.807, 2.05) is 0 Å². The van der Waals surface area contributed by atoms with Gasteiger partial charge in [0, 0.05) is 17.6 Å². The molecule has 5 nitrogen and oxygen atoms in total. The Hall–Kier alpha value is -1.08. The molecule has 0 unspecified atom stereocenters. The third-order valence-electron chi connectivity index (χ3n) is 2.12. The molecular weight excluding hydrogens is 274 g/mol. The van der Waals surface area contributed by atoms with Crippen molar-refractivity contribution < 1.29 is 19.8 Å². The summed E-state index contributed by atoms with van der Waals surface area (Å²) in [6.07, 6.45) is 2.75. The third-order valence-corrected chi connectivity index (χ3v) is 4.28. The second-order valence-electron chi connectivity index (χ2n) is 3.73. The van der Waals surface area contributed by atoms with Gasteiger partial charge >= 0.3 is 11.9 Å². The number of carboxylic acid groups (broad SMARTS) is 2. The monoisotopic (exact) mass is 289 g/mol. The maximum Gasteiger partial charge on any atom is 0.309 e. The molecule has 1 aromatic rings. The van der Waals surface area contributed by atoms with E-state index in [1.165, 1.54) is 11.3 Å². The normalized spacial score (nSPS) is 10.4. The van der Waals surface area contributed by atoms with Gasteiger partial charge < -0.3 is 10.2 Å². The first-order chi connectivity index (χ1) is 8.58. The molecule has 0 bridgehead atoms. The van der Waals surface area contributed by atoms with Crippen LogP contribution in [0.2, 0.25) is 0 Å². The first-order valence-electron chi connectivity index (χ1n) is 5.58. The van der Waals surface area contributed by atoms with Gasteiger partial charge in [-0.25, -0.2) is 4.98 Å². The molecule has 0 saturated heterocycles. The molecule has 0 radical (unpaired) electrons. The Morgan fingerprint density at radius 3 is 2.67 bits per heavy atom. The van der Waals surface area contributed by atoms with Gasteiger partial charge in [0.1, 0.15) is 4.34 Å². The molecule has 0 aromatic carbocycles. The summed E-state index contributed by atoms with van der Waals surface area (Å²) >= 11 is 3.05. The van der Waals surface area contributed by atoms with Crippen LogP contribution in [0.4, 0.5) is 0 Å². The number of rotatable bonds is 9. The van der Waals surface area contributed by atoms with Crippen LogP contribution < -0.4 is 0 Å². The van der Waals surface area contributed by atoms with Gasteiger partial charge in [0.25, 0.3) is 0 Å². The fraction of sp³-hybridized carbons (Fsp3) is 0.545. The van der Waals surface area contributed by atoms with E-state index in [1.54, 1.807) is 17.1 Å². The first-order valence-corrected chi connectivity index (χ1v) is 7.45. The number of nitrogens with zero attached hydrogens (tertiary/aromatic N) is 1. The highest BCUT2D eigenvalue weighted by molar-refractivity contribution is 8.00. The van der Waals surface area contributed by atoms with Crippen molar-refractivity contribution in [3.63, 3.8) is 0 Å². The topological polar surface area (TPSA) is 87.5 Å². The van der Waals surface area contributed by atoms with Crippen LogP contribution in [-0.4, -0.2) is 32.9 Å². The predicted molar refractivity (Wildman–Crippen MR) is 70.3 cm³/mol. The Morgan fingerprint density at radius 1 is 1.22 bits per heavy atom. The molecule has 2 N–H and O–H groups in total. The highest BCUT2D eigenvalue weighted by Gasteiger charge is 2.06. The van der Waals surface area contributed by atoms with Crippen LogP contribution in [0.5, 0.6) is 0 Å². The maximum atomic E-state index is 10.5. The Morgan fingerprint density at radius 2 is 2.00 bits per heavy atom. The van der Waals surface area contributed by atoms with Crippen LogP contribution in [0.25, 0.3) is 0 Å². The van der Waals surface area contributed by atoms with Crippen molar-refractivity contribution in [1.82, 2.24) is 4.98 Å². The van der Waals surface area contributed by atoms with Crippen LogP contribution in [0.3, 0.4) is 0 Å². The molecular formula is C11H15NO4S2. The van der Waals surface area contributed by atoms with Gasteiger partial charge in [0.05, 0.1) is 12.1 Å². The molecule has 0 aliphatic carbocycles.